The Hall–Kier alpha value is -4.36. The molecule has 0 saturated carbocycles. The number of hydrogen-bond acceptors (Lipinski definition) is 8. The number of benzene rings is 2. The van der Waals surface area contributed by atoms with Crippen molar-refractivity contribution in [2.75, 3.05) is 58.3 Å². The predicted octanol–water partition coefficient (Wildman–Crippen LogP) is 5.51. The molecule has 0 N–H and O–H groups in total. The van der Waals surface area contributed by atoms with E-state index >= 15 is 8.78 Å². The van der Waals surface area contributed by atoms with E-state index in [2.05, 4.69) is 19.8 Å². The maximum atomic E-state index is 16.7. The lowest BCUT2D eigenvalue weighted by molar-refractivity contribution is -0.125. The molecule has 262 valence electrons. The number of aromatic nitrogens is 3. The van der Waals surface area contributed by atoms with E-state index in [1.165, 1.54) is 18.3 Å². The lowest BCUT2D eigenvalue weighted by Gasteiger charge is -2.35. The summed E-state index contributed by atoms with van der Waals surface area (Å²) in [5.74, 6) is -2.67. The summed E-state index contributed by atoms with van der Waals surface area (Å²) >= 11 is 0. The highest BCUT2D eigenvalue weighted by Crippen LogP contribution is 2.41. The van der Waals surface area contributed by atoms with Crippen molar-refractivity contribution < 1.29 is 27.1 Å². The highest BCUT2D eigenvalue weighted by molar-refractivity contribution is 5.99. The Bertz CT molecular complexity index is 2010. The van der Waals surface area contributed by atoms with Gasteiger partial charge in [-0.05, 0) is 50.7 Å². The fraction of sp³-hybridized carbons (Fsp3) is 0.459. The Morgan fingerprint density at radius 3 is 2.74 bits per heavy atom. The van der Waals surface area contributed by atoms with E-state index in [1.54, 1.807) is 23.1 Å². The smallest absolute Gasteiger partial charge is 0.319 e. The molecule has 4 atom stereocenters. The third-order valence-corrected chi connectivity index (χ3v) is 11.2. The van der Waals surface area contributed by atoms with Crippen molar-refractivity contribution in [3.63, 3.8) is 0 Å². The maximum Gasteiger partial charge on any atom is 0.319 e. The largest absolute Gasteiger partial charge is 0.461 e. The van der Waals surface area contributed by atoms with E-state index in [0.29, 0.717) is 49.1 Å². The number of carbonyl (C=O) groups excluding carboxylic acids is 1. The predicted molar refractivity (Wildman–Crippen MR) is 182 cm³/mol. The molecule has 8 rings (SSSR count). The normalized spacial score (nSPS) is 25.6. The topological polar surface area (TPSA) is 77.9 Å². The van der Waals surface area contributed by atoms with Crippen molar-refractivity contribution in [1.82, 2.24) is 29.7 Å². The van der Waals surface area contributed by atoms with Gasteiger partial charge in [-0.1, -0.05) is 30.3 Å². The minimum Gasteiger partial charge on any atom is -0.461 e. The van der Waals surface area contributed by atoms with E-state index in [9.17, 15) is 13.6 Å². The van der Waals surface area contributed by atoms with Crippen molar-refractivity contribution in [2.24, 2.45) is 0 Å². The fourth-order valence-corrected chi connectivity index (χ4v) is 8.21. The number of fused-ring (bicyclic) bond motifs is 3. The number of hydrogen-bond donors (Lipinski definition) is 0. The molecule has 4 fully saturated rings. The zero-order valence-electron chi connectivity index (χ0n) is 28.1. The Balaban J connectivity index is 1.16. The molecule has 0 bridgehead atoms. The SMILES string of the molecule is CN1CC[C@@H]1/C=C/C(=O)N1CC[C@@H](N(C)c2nc(OC[C@@]34CCCN3C[C@H](F)C4)nc3c(F)c(-c4cccc5ccc(F)c(F)c45)ncc23)C1. The average molecular weight is 690 g/mol. The Kier molecular flexibility index (Phi) is 8.37. The van der Waals surface area contributed by atoms with Gasteiger partial charge in [-0.2, -0.15) is 9.97 Å². The molecule has 2 aromatic heterocycles. The van der Waals surface area contributed by atoms with Crippen molar-refractivity contribution in [3.8, 4) is 17.3 Å². The highest BCUT2D eigenvalue weighted by atomic mass is 19.2. The molecular weight excluding hydrogens is 650 g/mol. The van der Waals surface area contributed by atoms with Gasteiger partial charge in [0.2, 0.25) is 5.91 Å². The molecule has 0 radical (unpaired) electrons. The van der Waals surface area contributed by atoms with Crippen LogP contribution in [0, 0.1) is 17.5 Å². The van der Waals surface area contributed by atoms with E-state index < -0.39 is 29.2 Å². The molecule has 6 heterocycles. The Morgan fingerprint density at radius 1 is 1.08 bits per heavy atom. The molecule has 4 saturated heterocycles. The molecule has 1 amide bonds. The number of nitrogens with zero attached hydrogens (tertiary/aromatic N) is 7. The molecule has 4 aromatic rings. The van der Waals surface area contributed by atoms with Gasteiger partial charge in [-0.25, -0.2) is 17.6 Å². The van der Waals surface area contributed by atoms with Gasteiger partial charge in [0.25, 0.3) is 0 Å². The quantitative estimate of drug-likeness (QED) is 0.177. The molecule has 0 spiro atoms. The van der Waals surface area contributed by atoms with Crippen molar-refractivity contribution >= 4 is 33.4 Å². The minimum atomic E-state index is -1.09. The summed E-state index contributed by atoms with van der Waals surface area (Å²) in [5, 5.41) is 0.612. The highest BCUT2D eigenvalue weighted by Gasteiger charge is 2.49. The minimum absolute atomic E-state index is 0.0583. The first kappa shape index (κ1) is 32.8. The zero-order valence-corrected chi connectivity index (χ0v) is 28.1. The van der Waals surface area contributed by atoms with E-state index in [1.807, 2.05) is 25.1 Å². The molecular formula is C37H39F4N7O2. The van der Waals surface area contributed by atoms with Gasteiger partial charge < -0.3 is 14.5 Å². The van der Waals surface area contributed by atoms with Crippen LogP contribution in [0.3, 0.4) is 0 Å². The number of ether oxygens (including phenoxy) is 1. The molecule has 9 nitrogen and oxygen atoms in total. The van der Waals surface area contributed by atoms with E-state index in [0.717, 1.165) is 38.4 Å². The number of likely N-dealkylation sites (tertiary alicyclic amines) is 2. The second-order valence-corrected chi connectivity index (χ2v) is 14.2. The number of anilines is 1. The van der Waals surface area contributed by atoms with Crippen molar-refractivity contribution in [3.05, 3.63) is 66.1 Å². The van der Waals surface area contributed by atoms with Crippen LogP contribution in [0.2, 0.25) is 0 Å². The fourth-order valence-electron chi connectivity index (χ4n) is 8.21. The van der Waals surface area contributed by atoms with Crippen LogP contribution in [0.5, 0.6) is 6.01 Å². The van der Waals surface area contributed by atoms with Gasteiger partial charge in [-0.15, -0.1) is 0 Å². The summed E-state index contributed by atoms with van der Waals surface area (Å²) in [6.45, 7) is 3.28. The van der Waals surface area contributed by atoms with Crippen LogP contribution in [-0.4, -0.2) is 113 Å². The zero-order chi connectivity index (χ0) is 34.7. The maximum absolute atomic E-state index is 16.7. The number of amides is 1. The standard InChI is InChI=1S/C37H39F4N7O2/c1-45-15-11-24(45)8-10-29(49)47-16-12-25(20-47)46(2)35-27-18-42-33(26-6-3-5-22-7-9-28(39)31(40)30(22)26)32(41)34(27)43-36(44-35)50-21-37-13-4-14-48(37)19-23(38)17-37/h3,5-10,18,23-25H,4,11-17,19-21H2,1-2H3/b10-8+/t23-,24+,25-,37+/m1/s1. The first-order chi connectivity index (χ1) is 24.1. The van der Waals surface area contributed by atoms with Gasteiger partial charge in [0.05, 0.1) is 10.9 Å². The summed E-state index contributed by atoms with van der Waals surface area (Å²) < 4.78 is 67.0. The summed E-state index contributed by atoms with van der Waals surface area (Å²) in [6.07, 6.45) is 7.83. The molecule has 4 aliphatic heterocycles. The van der Waals surface area contributed by atoms with Crippen LogP contribution in [0.4, 0.5) is 23.4 Å². The summed E-state index contributed by atoms with van der Waals surface area (Å²) in [5.41, 5.74) is -0.681. The van der Waals surface area contributed by atoms with Gasteiger partial charge >= 0.3 is 6.01 Å². The molecule has 2 aromatic carbocycles. The van der Waals surface area contributed by atoms with Crippen LogP contribution in [0.1, 0.15) is 32.1 Å². The first-order valence-electron chi connectivity index (χ1n) is 17.3. The lowest BCUT2D eigenvalue weighted by Crippen LogP contribution is -2.43. The van der Waals surface area contributed by atoms with Crippen LogP contribution in [-0.2, 0) is 4.79 Å². The number of carbonyl (C=O) groups is 1. The lowest BCUT2D eigenvalue weighted by atomic mass is 9.95. The van der Waals surface area contributed by atoms with Gasteiger partial charge in [0.1, 0.15) is 29.8 Å². The molecule has 0 unspecified atom stereocenters. The summed E-state index contributed by atoms with van der Waals surface area (Å²) in [6, 6.07) is 7.27. The first-order valence-corrected chi connectivity index (χ1v) is 17.3. The van der Waals surface area contributed by atoms with Crippen LogP contribution < -0.4 is 9.64 Å². The Labute approximate surface area is 287 Å². The third-order valence-electron chi connectivity index (χ3n) is 11.2. The number of halogens is 4. The van der Waals surface area contributed by atoms with Gasteiger partial charge in [-0.3, -0.25) is 19.6 Å². The molecule has 0 aliphatic carbocycles. The molecule has 13 heteroatoms. The summed E-state index contributed by atoms with van der Waals surface area (Å²) in [4.78, 5) is 34.7. The number of alkyl halides is 1. The monoisotopic (exact) mass is 689 g/mol. The third kappa shape index (κ3) is 5.64. The number of likely N-dealkylation sites (N-methyl/N-ethyl adjacent to an activating group) is 2. The van der Waals surface area contributed by atoms with Crippen LogP contribution in [0.15, 0.2) is 48.7 Å². The molecule has 50 heavy (non-hydrogen) atoms. The van der Waals surface area contributed by atoms with Crippen molar-refractivity contribution in [1.29, 1.82) is 0 Å². The van der Waals surface area contributed by atoms with Crippen LogP contribution >= 0.6 is 0 Å². The Morgan fingerprint density at radius 2 is 1.94 bits per heavy atom. The van der Waals surface area contributed by atoms with E-state index in [-0.39, 0.29) is 52.8 Å². The second-order valence-electron chi connectivity index (χ2n) is 14.2. The van der Waals surface area contributed by atoms with Crippen molar-refractivity contribution in [2.45, 2.75) is 55.9 Å². The number of rotatable bonds is 8. The molecule has 4 aliphatic rings. The average Bonchev–Trinajstić information content (AvgIpc) is 3.83. The van der Waals surface area contributed by atoms with E-state index in [4.69, 9.17) is 9.72 Å². The van der Waals surface area contributed by atoms with Crippen LogP contribution in [0.25, 0.3) is 32.9 Å². The second kappa shape index (κ2) is 12.8. The van der Waals surface area contributed by atoms with Gasteiger partial charge in [0.15, 0.2) is 17.5 Å². The number of pyridine rings is 1. The summed E-state index contributed by atoms with van der Waals surface area (Å²) in [7, 11) is 3.86. The van der Waals surface area contributed by atoms with Gasteiger partial charge in [0, 0.05) is 75.0 Å².